The molecule has 0 amide bonds. The van der Waals surface area contributed by atoms with E-state index < -0.39 is 35.7 Å². The number of benzene rings is 2. The first-order valence-electron chi connectivity index (χ1n) is 10.3. The molecule has 2 aromatic rings. The zero-order valence-electron chi connectivity index (χ0n) is 16.8. The highest BCUT2D eigenvalue weighted by atomic mass is 16.6. The van der Waals surface area contributed by atoms with Crippen molar-refractivity contribution in [3.63, 3.8) is 0 Å². The second-order valence-corrected chi connectivity index (χ2v) is 8.00. The van der Waals surface area contributed by atoms with Gasteiger partial charge in [-0.25, -0.2) is 9.59 Å². The Morgan fingerprint density at radius 3 is 1.52 bits per heavy atom. The number of carbonyl (C=O) groups excluding carboxylic acids is 2. The van der Waals surface area contributed by atoms with Gasteiger partial charge in [0, 0.05) is 0 Å². The van der Waals surface area contributed by atoms with Crippen molar-refractivity contribution >= 4 is 23.9 Å². The van der Waals surface area contributed by atoms with Crippen molar-refractivity contribution in [1.82, 2.24) is 0 Å². The molecule has 0 saturated carbocycles. The van der Waals surface area contributed by atoms with Gasteiger partial charge in [0.1, 0.15) is 0 Å². The van der Waals surface area contributed by atoms with E-state index in [1.807, 2.05) is 0 Å². The molecule has 31 heavy (non-hydrogen) atoms. The molecule has 0 radical (unpaired) electrons. The molecule has 2 N–H and O–H groups in total. The zero-order valence-corrected chi connectivity index (χ0v) is 16.8. The minimum atomic E-state index is -1.13. The van der Waals surface area contributed by atoms with Gasteiger partial charge in [-0.1, -0.05) is 24.3 Å². The maximum atomic E-state index is 13.0. The van der Waals surface area contributed by atoms with Crippen LogP contribution >= 0.6 is 0 Å². The van der Waals surface area contributed by atoms with E-state index in [2.05, 4.69) is 0 Å². The van der Waals surface area contributed by atoms with Gasteiger partial charge >= 0.3 is 23.9 Å². The number of hydrogen-bond donors (Lipinski definition) is 2. The Morgan fingerprint density at radius 2 is 1.13 bits per heavy atom. The summed E-state index contributed by atoms with van der Waals surface area (Å²) < 4.78 is 5.25. The van der Waals surface area contributed by atoms with Crippen LogP contribution in [0.4, 0.5) is 0 Å². The lowest BCUT2D eigenvalue weighted by atomic mass is 9.79. The van der Waals surface area contributed by atoms with E-state index in [1.165, 1.54) is 12.1 Å². The number of hydrogen-bond acceptors (Lipinski definition) is 5. The number of carboxylic acid groups (broad SMARTS) is 2. The van der Waals surface area contributed by atoms with Gasteiger partial charge in [-0.2, -0.15) is 0 Å². The normalized spacial score (nSPS) is 19.6. The van der Waals surface area contributed by atoms with E-state index in [9.17, 15) is 29.4 Å². The highest BCUT2D eigenvalue weighted by Gasteiger charge is 2.37. The van der Waals surface area contributed by atoms with Gasteiger partial charge in [0.15, 0.2) is 0 Å². The number of esters is 2. The standard InChI is InChI=1S/C24H22O7/c25-21(26)15-9-1-5-13-7-3-11-17(19(13)15)23(29)31-24(30)18-12-4-8-14-6-2-10-16(20(14)18)22(27)28/h1-2,5-6,9-10,17-18H,3-4,7-8,11-12H2,(H,25,26)(H,27,28). The van der Waals surface area contributed by atoms with E-state index >= 15 is 0 Å². The van der Waals surface area contributed by atoms with Gasteiger partial charge in [0.05, 0.1) is 23.0 Å². The number of ether oxygens (including phenoxy) is 1. The molecule has 2 aliphatic carbocycles. The summed E-state index contributed by atoms with van der Waals surface area (Å²) in [6.45, 7) is 0. The Kier molecular flexibility index (Phi) is 5.59. The Hall–Kier alpha value is -3.48. The third kappa shape index (κ3) is 3.83. The van der Waals surface area contributed by atoms with Gasteiger partial charge in [0.25, 0.3) is 0 Å². The predicted octanol–water partition coefficient (Wildman–Crippen LogP) is 3.69. The summed E-state index contributed by atoms with van der Waals surface area (Å²) >= 11 is 0. The second-order valence-electron chi connectivity index (χ2n) is 8.00. The molecular weight excluding hydrogens is 400 g/mol. The Balaban J connectivity index is 1.62. The number of aryl methyl sites for hydroxylation is 2. The Bertz CT molecular complexity index is 1000. The first-order chi connectivity index (χ1) is 14.9. The first-order valence-corrected chi connectivity index (χ1v) is 10.3. The van der Waals surface area contributed by atoms with Gasteiger partial charge in [0.2, 0.25) is 0 Å². The van der Waals surface area contributed by atoms with Gasteiger partial charge in [-0.15, -0.1) is 0 Å². The van der Waals surface area contributed by atoms with Crippen molar-refractivity contribution in [3.05, 3.63) is 69.8 Å². The maximum Gasteiger partial charge on any atom is 0.335 e. The lowest BCUT2D eigenvalue weighted by Gasteiger charge is -2.28. The van der Waals surface area contributed by atoms with Crippen LogP contribution in [0, 0.1) is 0 Å². The second kappa shape index (κ2) is 8.34. The summed E-state index contributed by atoms with van der Waals surface area (Å²) in [5.74, 6) is -5.49. The molecule has 0 aliphatic heterocycles. The van der Waals surface area contributed by atoms with Crippen LogP contribution in [-0.4, -0.2) is 34.1 Å². The summed E-state index contributed by atoms with van der Waals surface area (Å²) in [5, 5.41) is 19.1. The summed E-state index contributed by atoms with van der Waals surface area (Å²) in [5.41, 5.74) is 2.46. The van der Waals surface area contributed by atoms with Crippen LogP contribution in [-0.2, 0) is 27.2 Å². The fraction of sp³-hybridized carbons (Fsp3) is 0.333. The molecule has 2 atom stereocenters. The Labute approximate surface area is 178 Å². The molecule has 2 aliphatic rings. The summed E-state index contributed by atoms with van der Waals surface area (Å²) in [6.07, 6.45) is 3.47. The van der Waals surface area contributed by atoms with Crippen molar-refractivity contribution in [2.75, 3.05) is 0 Å². The summed E-state index contributed by atoms with van der Waals surface area (Å²) in [4.78, 5) is 49.3. The third-order valence-corrected chi connectivity index (χ3v) is 6.20. The largest absolute Gasteiger partial charge is 0.478 e. The molecule has 4 rings (SSSR count). The number of fused-ring (bicyclic) bond motifs is 2. The van der Waals surface area contributed by atoms with Crippen molar-refractivity contribution in [2.45, 2.75) is 50.4 Å². The lowest BCUT2D eigenvalue weighted by Crippen LogP contribution is -2.29. The van der Waals surface area contributed by atoms with Gasteiger partial charge < -0.3 is 14.9 Å². The van der Waals surface area contributed by atoms with E-state index in [4.69, 9.17) is 4.74 Å². The molecule has 0 heterocycles. The highest BCUT2D eigenvalue weighted by molar-refractivity contribution is 5.98. The monoisotopic (exact) mass is 422 g/mol. The zero-order chi connectivity index (χ0) is 22.1. The molecule has 0 aromatic heterocycles. The van der Waals surface area contributed by atoms with E-state index in [0.29, 0.717) is 49.7 Å². The minimum Gasteiger partial charge on any atom is -0.478 e. The fourth-order valence-electron chi connectivity index (χ4n) is 4.85. The van der Waals surface area contributed by atoms with E-state index in [0.717, 1.165) is 11.1 Å². The molecule has 7 nitrogen and oxygen atoms in total. The minimum absolute atomic E-state index is 0.0442. The molecule has 2 unspecified atom stereocenters. The molecule has 7 heteroatoms. The smallest absolute Gasteiger partial charge is 0.335 e. The average Bonchev–Trinajstić information content (AvgIpc) is 2.77. The predicted molar refractivity (Wildman–Crippen MR) is 109 cm³/mol. The molecule has 0 fully saturated rings. The fourth-order valence-corrected chi connectivity index (χ4v) is 4.85. The van der Waals surface area contributed by atoms with Gasteiger partial charge in [-0.05, 0) is 72.9 Å². The number of aromatic carboxylic acids is 2. The molecule has 160 valence electrons. The molecule has 2 aromatic carbocycles. The lowest BCUT2D eigenvalue weighted by molar-refractivity contribution is -0.162. The van der Waals surface area contributed by atoms with Crippen LogP contribution in [0.5, 0.6) is 0 Å². The Morgan fingerprint density at radius 1 is 0.710 bits per heavy atom. The molecule has 0 saturated heterocycles. The van der Waals surface area contributed by atoms with Crippen molar-refractivity contribution in [2.24, 2.45) is 0 Å². The highest BCUT2D eigenvalue weighted by Crippen LogP contribution is 2.38. The van der Waals surface area contributed by atoms with Crippen molar-refractivity contribution in [3.8, 4) is 0 Å². The summed E-state index contributed by atoms with van der Waals surface area (Å²) in [6, 6.07) is 9.77. The van der Waals surface area contributed by atoms with E-state index in [1.54, 1.807) is 24.3 Å². The topological polar surface area (TPSA) is 118 Å². The number of carboxylic acids is 2. The molecule has 0 spiro atoms. The van der Waals surface area contributed by atoms with Crippen molar-refractivity contribution < 1.29 is 34.1 Å². The maximum absolute atomic E-state index is 13.0. The van der Waals surface area contributed by atoms with Crippen LogP contribution in [0.1, 0.15) is 80.5 Å². The SMILES string of the molecule is O=C(O)c1cccc2c1C(C(=O)OC(=O)C1CCCc3cccc(C(=O)O)c31)CCC2. The third-order valence-electron chi connectivity index (χ3n) is 6.20. The number of carbonyl (C=O) groups is 4. The van der Waals surface area contributed by atoms with Crippen LogP contribution in [0.25, 0.3) is 0 Å². The van der Waals surface area contributed by atoms with Crippen LogP contribution in [0.2, 0.25) is 0 Å². The summed E-state index contributed by atoms with van der Waals surface area (Å²) in [7, 11) is 0. The number of rotatable bonds is 4. The molecule has 0 bridgehead atoms. The molecular formula is C24H22O7. The van der Waals surface area contributed by atoms with E-state index in [-0.39, 0.29) is 11.1 Å². The van der Waals surface area contributed by atoms with Crippen LogP contribution in [0.3, 0.4) is 0 Å². The van der Waals surface area contributed by atoms with Crippen LogP contribution in [0.15, 0.2) is 36.4 Å². The average molecular weight is 422 g/mol. The van der Waals surface area contributed by atoms with Crippen LogP contribution < -0.4 is 0 Å². The van der Waals surface area contributed by atoms with Crippen molar-refractivity contribution in [1.29, 1.82) is 0 Å². The van der Waals surface area contributed by atoms with Gasteiger partial charge in [-0.3, -0.25) is 9.59 Å². The first kappa shape index (κ1) is 20.8. The quantitative estimate of drug-likeness (QED) is 0.570.